The van der Waals surface area contributed by atoms with Gasteiger partial charge in [0.1, 0.15) is 17.1 Å². The fourth-order valence-corrected chi connectivity index (χ4v) is 1.35. The molecule has 0 saturated carbocycles. The average Bonchev–Trinajstić information content (AvgIpc) is 2.67. The van der Waals surface area contributed by atoms with Crippen LogP contribution in [0.1, 0.15) is 21.9 Å². The first-order chi connectivity index (χ1) is 8.08. The molecule has 0 saturated heterocycles. The maximum atomic E-state index is 11.3. The maximum absolute atomic E-state index is 11.3. The summed E-state index contributed by atoms with van der Waals surface area (Å²) in [6.07, 6.45) is 0. The van der Waals surface area contributed by atoms with Gasteiger partial charge in [-0.3, -0.25) is 4.79 Å². The second-order valence-corrected chi connectivity index (χ2v) is 3.48. The van der Waals surface area contributed by atoms with E-state index in [4.69, 9.17) is 4.42 Å². The van der Waals surface area contributed by atoms with Crippen LogP contribution in [0.4, 0.5) is 0 Å². The van der Waals surface area contributed by atoms with Crippen LogP contribution in [-0.4, -0.2) is 32.6 Å². The molecule has 17 heavy (non-hydrogen) atoms. The van der Waals surface area contributed by atoms with Crippen molar-refractivity contribution in [3.8, 4) is 0 Å². The fourth-order valence-electron chi connectivity index (χ4n) is 1.35. The van der Waals surface area contributed by atoms with Crippen LogP contribution in [0.2, 0.25) is 0 Å². The number of carbonyl (C=O) groups is 2. The number of aryl methyl sites for hydroxylation is 1. The minimum absolute atomic E-state index is 0.138. The Bertz CT molecular complexity index is 412. The lowest BCUT2D eigenvalue weighted by atomic mass is 10.2. The Morgan fingerprint density at radius 1 is 1.47 bits per heavy atom. The molecule has 0 atom stereocenters. The van der Waals surface area contributed by atoms with Crippen LogP contribution < -0.4 is 10.6 Å². The lowest BCUT2D eigenvalue weighted by Gasteiger charge is -2.01. The highest BCUT2D eigenvalue weighted by molar-refractivity contribution is 5.90. The number of ether oxygens (including phenoxy) is 1. The van der Waals surface area contributed by atoms with Gasteiger partial charge in [-0.05, 0) is 20.0 Å². The third-order valence-corrected chi connectivity index (χ3v) is 2.17. The summed E-state index contributed by atoms with van der Waals surface area (Å²) in [5, 5.41) is 5.38. The van der Waals surface area contributed by atoms with Gasteiger partial charge in [-0.25, -0.2) is 4.79 Å². The predicted molar refractivity (Wildman–Crippen MR) is 60.6 cm³/mol. The van der Waals surface area contributed by atoms with Gasteiger partial charge >= 0.3 is 5.97 Å². The van der Waals surface area contributed by atoms with E-state index in [1.807, 2.05) is 0 Å². The van der Waals surface area contributed by atoms with Crippen molar-refractivity contribution >= 4 is 11.9 Å². The van der Waals surface area contributed by atoms with E-state index in [1.54, 1.807) is 20.0 Å². The summed E-state index contributed by atoms with van der Waals surface area (Å²) in [4.78, 5) is 22.5. The first-order valence-corrected chi connectivity index (χ1v) is 5.17. The van der Waals surface area contributed by atoms with Crippen LogP contribution in [0.15, 0.2) is 10.5 Å². The Balaban J connectivity index is 2.61. The van der Waals surface area contributed by atoms with Gasteiger partial charge in [0, 0.05) is 0 Å². The van der Waals surface area contributed by atoms with Crippen molar-refractivity contribution in [3.05, 3.63) is 23.2 Å². The largest absolute Gasteiger partial charge is 0.465 e. The van der Waals surface area contributed by atoms with E-state index in [0.717, 1.165) is 0 Å². The molecule has 0 bridgehead atoms. The third kappa shape index (κ3) is 3.60. The van der Waals surface area contributed by atoms with Crippen LogP contribution >= 0.6 is 0 Å². The van der Waals surface area contributed by atoms with E-state index in [9.17, 15) is 9.59 Å². The molecule has 0 unspecified atom stereocenters. The highest BCUT2D eigenvalue weighted by Crippen LogP contribution is 2.15. The van der Waals surface area contributed by atoms with Crippen molar-refractivity contribution in [1.82, 2.24) is 10.6 Å². The smallest absolute Gasteiger partial charge is 0.341 e. The van der Waals surface area contributed by atoms with Crippen LogP contribution in [0.3, 0.4) is 0 Å². The summed E-state index contributed by atoms with van der Waals surface area (Å²) in [5.74, 6) is 0.419. The molecule has 0 aliphatic carbocycles. The Morgan fingerprint density at radius 2 is 2.18 bits per heavy atom. The Morgan fingerprint density at radius 3 is 2.76 bits per heavy atom. The van der Waals surface area contributed by atoms with Crippen molar-refractivity contribution in [2.75, 3.05) is 20.7 Å². The van der Waals surface area contributed by atoms with E-state index in [2.05, 4.69) is 15.4 Å². The van der Waals surface area contributed by atoms with Crippen molar-refractivity contribution in [1.29, 1.82) is 0 Å². The molecule has 6 heteroatoms. The molecule has 1 aromatic rings. The van der Waals surface area contributed by atoms with Crippen LogP contribution in [0.25, 0.3) is 0 Å². The number of amides is 1. The van der Waals surface area contributed by atoms with E-state index in [0.29, 0.717) is 17.1 Å². The van der Waals surface area contributed by atoms with E-state index in [-0.39, 0.29) is 19.0 Å². The second-order valence-electron chi connectivity index (χ2n) is 3.48. The first-order valence-electron chi connectivity index (χ1n) is 5.17. The zero-order valence-corrected chi connectivity index (χ0v) is 10.1. The summed E-state index contributed by atoms with van der Waals surface area (Å²) in [6, 6.07) is 1.57. The number of nitrogens with one attached hydrogen (secondary N) is 2. The van der Waals surface area contributed by atoms with Gasteiger partial charge in [0.15, 0.2) is 0 Å². The molecule has 1 heterocycles. The first kappa shape index (κ1) is 13.2. The van der Waals surface area contributed by atoms with Gasteiger partial charge in [0.25, 0.3) is 0 Å². The maximum Gasteiger partial charge on any atom is 0.341 e. The molecule has 1 aromatic heterocycles. The SMILES string of the molecule is CNCC(=O)NCc1cc(C(=O)OC)c(C)o1. The fraction of sp³-hybridized carbons (Fsp3) is 0.455. The molecule has 1 rings (SSSR count). The highest BCUT2D eigenvalue weighted by atomic mass is 16.5. The predicted octanol–water partition coefficient (Wildman–Crippen LogP) is 0.210. The molecule has 2 N–H and O–H groups in total. The topological polar surface area (TPSA) is 80.6 Å². The minimum atomic E-state index is -0.445. The molecule has 0 aliphatic rings. The van der Waals surface area contributed by atoms with Crippen molar-refractivity contribution < 1.29 is 18.7 Å². The zero-order valence-electron chi connectivity index (χ0n) is 10.1. The van der Waals surface area contributed by atoms with E-state index < -0.39 is 5.97 Å². The van der Waals surface area contributed by atoms with Gasteiger partial charge in [-0.2, -0.15) is 0 Å². The second kappa shape index (κ2) is 6.05. The van der Waals surface area contributed by atoms with Gasteiger partial charge in [-0.15, -0.1) is 0 Å². The minimum Gasteiger partial charge on any atom is -0.465 e. The third-order valence-electron chi connectivity index (χ3n) is 2.17. The van der Waals surface area contributed by atoms with Crippen LogP contribution in [0.5, 0.6) is 0 Å². The van der Waals surface area contributed by atoms with Gasteiger partial charge in [0.05, 0.1) is 20.2 Å². The number of likely N-dealkylation sites (N-methyl/N-ethyl adjacent to an activating group) is 1. The number of furan rings is 1. The number of hydrogen-bond donors (Lipinski definition) is 2. The van der Waals surface area contributed by atoms with Crippen molar-refractivity contribution in [3.63, 3.8) is 0 Å². The quantitative estimate of drug-likeness (QED) is 0.719. The van der Waals surface area contributed by atoms with Gasteiger partial charge < -0.3 is 19.8 Å². The lowest BCUT2D eigenvalue weighted by molar-refractivity contribution is -0.120. The Kier molecular flexibility index (Phi) is 4.71. The average molecular weight is 240 g/mol. The number of hydrogen-bond acceptors (Lipinski definition) is 5. The number of methoxy groups -OCH3 is 1. The molecule has 0 radical (unpaired) electrons. The van der Waals surface area contributed by atoms with Crippen LogP contribution in [-0.2, 0) is 16.1 Å². The molecule has 1 amide bonds. The molecular formula is C11H16N2O4. The molecule has 0 fully saturated rings. The molecule has 0 aromatic carbocycles. The molecular weight excluding hydrogens is 224 g/mol. The van der Waals surface area contributed by atoms with Crippen LogP contribution in [0, 0.1) is 6.92 Å². The van der Waals surface area contributed by atoms with Crippen molar-refractivity contribution in [2.24, 2.45) is 0 Å². The normalized spacial score (nSPS) is 10.1. The summed E-state index contributed by atoms with van der Waals surface area (Å²) in [5.41, 5.74) is 0.380. The summed E-state index contributed by atoms with van der Waals surface area (Å²) in [6.45, 7) is 2.16. The Hall–Kier alpha value is -1.82. The molecule has 0 spiro atoms. The summed E-state index contributed by atoms with van der Waals surface area (Å²) >= 11 is 0. The molecule has 0 aliphatic heterocycles. The standard InChI is InChI=1S/C11H16N2O4/c1-7-9(11(15)16-3)4-8(17-7)5-13-10(14)6-12-2/h4,12H,5-6H2,1-3H3,(H,13,14). The monoisotopic (exact) mass is 240 g/mol. The molecule has 94 valence electrons. The number of carbonyl (C=O) groups excluding carboxylic acids is 2. The van der Waals surface area contributed by atoms with E-state index in [1.165, 1.54) is 7.11 Å². The Labute approximate surface area is 99.3 Å². The summed E-state index contributed by atoms with van der Waals surface area (Å²) < 4.78 is 9.93. The van der Waals surface area contributed by atoms with Crippen molar-refractivity contribution in [2.45, 2.75) is 13.5 Å². The number of esters is 1. The van der Waals surface area contributed by atoms with Gasteiger partial charge in [-0.1, -0.05) is 0 Å². The molecule has 6 nitrogen and oxygen atoms in total. The van der Waals surface area contributed by atoms with E-state index >= 15 is 0 Å². The van der Waals surface area contributed by atoms with Gasteiger partial charge in [0.2, 0.25) is 5.91 Å². The lowest BCUT2D eigenvalue weighted by Crippen LogP contribution is -2.31. The zero-order chi connectivity index (χ0) is 12.8. The summed E-state index contributed by atoms with van der Waals surface area (Å²) in [7, 11) is 3.00. The highest BCUT2D eigenvalue weighted by Gasteiger charge is 2.15. The number of rotatable bonds is 5.